The third-order valence-corrected chi connectivity index (χ3v) is 14.9. The minimum Gasteiger partial charge on any atom is -0.462 e. The van der Waals surface area contributed by atoms with Crippen molar-refractivity contribution in [2.24, 2.45) is 0 Å². The molecule has 0 rings (SSSR count). The molecule has 0 saturated carbocycles. The van der Waals surface area contributed by atoms with Crippen molar-refractivity contribution in [2.45, 2.75) is 354 Å². The molecule has 0 spiro atoms. The van der Waals surface area contributed by atoms with Gasteiger partial charge in [0.1, 0.15) is 13.2 Å². The molecule has 0 aliphatic carbocycles. The lowest BCUT2D eigenvalue weighted by Gasteiger charge is -2.18. The summed E-state index contributed by atoms with van der Waals surface area (Å²) in [5.74, 6) is -0.895. The summed E-state index contributed by atoms with van der Waals surface area (Å²) in [6, 6.07) is 0. The molecule has 0 bridgehead atoms. The van der Waals surface area contributed by atoms with Gasteiger partial charge in [-0.1, -0.05) is 293 Å². The van der Waals surface area contributed by atoms with Crippen molar-refractivity contribution in [3.8, 4) is 0 Å². The Morgan fingerprint density at radius 3 is 0.769 bits per heavy atom. The van der Waals surface area contributed by atoms with Gasteiger partial charge in [0.25, 0.3) is 0 Å². The van der Waals surface area contributed by atoms with E-state index >= 15 is 0 Å². The molecule has 6 heteroatoms. The van der Waals surface area contributed by atoms with E-state index in [1.54, 1.807) is 0 Å². The highest BCUT2D eigenvalue weighted by Gasteiger charge is 2.19. The zero-order valence-electron chi connectivity index (χ0n) is 51.9. The summed E-state index contributed by atoms with van der Waals surface area (Å²) in [5.41, 5.74) is 0. The maximum Gasteiger partial charge on any atom is 0.306 e. The van der Waals surface area contributed by atoms with E-state index in [0.717, 1.165) is 103 Å². The fourth-order valence-corrected chi connectivity index (χ4v) is 9.76. The predicted octanol–water partition coefficient (Wildman–Crippen LogP) is 23.3. The fourth-order valence-electron chi connectivity index (χ4n) is 9.76. The van der Waals surface area contributed by atoms with Crippen LogP contribution in [0.25, 0.3) is 0 Å². The highest BCUT2D eigenvalue weighted by molar-refractivity contribution is 5.71. The molecule has 0 heterocycles. The molecule has 78 heavy (non-hydrogen) atoms. The van der Waals surface area contributed by atoms with Gasteiger partial charge in [0.05, 0.1) is 0 Å². The summed E-state index contributed by atoms with van der Waals surface area (Å²) in [7, 11) is 0. The summed E-state index contributed by atoms with van der Waals surface area (Å²) in [4.78, 5) is 38.4. The Labute approximate surface area is 484 Å². The van der Waals surface area contributed by atoms with Crippen molar-refractivity contribution in [1.29, 1.82) is 0 Å². The van der Waals surface area contributed by atoms with Crippen molar-refractivity contribution in [3.05, 3.63) is 72.9 Å². The van der Waals surface area contributed by atoms with Gasteiger partial charge in [0.2, 0.25) is 0 Å². The van der Waals surface area contributed by atoms with Gasteiger partial charge in [-0.2, -0.15) is 0 Å². The van der Waals surface area contributed by atoms with E-state index in [0.29, 0.717) is 19.3 Å². The first-order chi connectivity index (χ1) is 38.5. The molecule has 1 atom stereocenters. The van der Waals surface area contributed by atoms with Crippen LogP contribution in [0, 0.1) is 0 Å². The number of ether oxygens (including phenoxy) is 3. The van der Waals surface area contributed by atoms with Crippen molar-refractivity contribution >= 4 is 17.9 Å². The Hall–Kier alpha value is -3.15. The van der Waals surface area contributed by atoms with E-state index in [-0.39, 0.29) is 31.1 Å². The SMILES string of the molecule is CCCC/C=C\C/C=C\CCCCCCCC(=O)OCC(COC(=O)CCCCCCCCCCCCCCC/C=C\CCCCCCCCCC)OC(=O)CCCCCCCC/C=C\C/C=C\C/C=C\CCCCCCC. The lowest BCUT2D eigenvalue weighted by Crippen LogP contribution is -2.30. The molecule has 0 aromatic carbocycles. The normalized spacial score (nSPS) is 12.5. The lowest BCUT2D eigenvalue weighted by atomic mass is 10.0. The van der Waals surface area contributed by atoms with Crippen LogP contribution in [-0.2, 0) is 28.6 Å². The maximum atomic E-state index is 12.9. The number of allylic oxidation sites excluding steroid dienone is 12. The van der Waals surface area contributed by atoms with Gasteiger partial charge in [-0.25, -0.2) is 0 Å². The zero-order chi connectivity index (χ0) is 56.4. The van der Waals surface area contributed by atoms with E-state index in [1.807, 2.05) is 0 Å². The molecule has 0 N–H and O–H groups in total. The standard InChI is InChI=1S/C72H128O6/c1-4-7-10-13-16-19-22-25-28-30-32-34-35-36-37-39-40-42-44-47-50-53-56-59-62-65-71(74)77-68-69(67-76-70(73)64-61-58-55-52-49-46-27-24-21-18-15-12-9-6-3)78-72(75)66-63-60-57-54-51-48-45-43-41-38-33-31-29-26-23-20-17-14-11-8-5-2/h15,18,23-24,26-27,30-33,41,43,69H,4-14,16-17,19-22,25,28-29,34-40,42,44-68H2,1-3H3/b18-15-,26-23-,27-24-,32-30-,33-31-,43-41-. The topological polar surface area (TPSA) is 78.9 Å². The molecule has 1 unspecified atom stereocenters. The van der Waals surface area contributed by atoms with Crippen LogP contribution in [0.3, 0.4) is 0 Å². The minimum absolute atomic E-state index is 0.0837. The average molecular weight is 1090 g/mol. The molecule has 452 valence electrons. The number of unbranched alkanes of at least 4 members (excludes halogenated alkanes) is 39. The van der Waals surface area contributed by atoms with Crippen LogP contribution in [0.1, 0.15) is 348 Å². The summed E-state index contributed by atoms with van der Waals surface area (Å²) in [6.07, 6.45) is 86.3. The number of carbonyl (C=O) groups excluding carboxylic acids is 3. The van der Waals surface area contributed by atoms with E-state index in [9.17, 15) is 14.4 Å². The van der Waals surface area contributed by atoms with Gasteiger partial charge in [0, 0.05) is 19.3 Å². The number of carbonyl (C=O) groups is 3. The molecule has 0 amide bonds. The average Bonchev–Trinajstić information content (AvgIpc) is 3.44. The maximum absolute atomic E-state index is 12.9. The van der Waals surface area contributed by atoms with E-state index < -0.39 is 6.10 Å². The van der Waals surface area contributed by atoms with Crippen LogP contribution in [-0.4, -0.2) is 37.2 Å². The third-order valence-electron chi connectivity index (χ3n) is 14.9. The Bertz CT molecular complexity index is 1440. The van der Waals surface area contributed by atoms with E-state index in [2.05, 4.69) is 93.7 Å². The molecular formula is C72H128O6. The van der Waals surface area contributed by atoms with Gasteiger partial charge >= 0.3 is 17.9 Å². The number of hydrogen-bond acceptors (Lipinski definition) is 6. The Kier molecular flexibility index (Phi) is 63.7. The Morgan fingerprint density at radius 2 is 0.474 bits per heavy atom. The highest BCUT2D eigenvalue weighted by atomic mass is 16.6. The minimum atomic E-state index is -0.790. The van der Waals surface area contributed by atoms with Crippen LogP contribution >= 0.6 is 0 Å². The van der Waals surface area contributed by atoms with Gasteiger partial charge in [-0.15, -0.1) is 0 Å². The first kappa shape index (κ1) is 74.8. The second-order valence-corrected chi connectivity index (χ2v) is 22.7. The molecule has 6 nitrogen and oxygen atoms in total. The quantitative estimate of drug-likeness (QED) is 0.0261. The third kappa shape index (κ3) is 63.7. The van der Waals surface area contributed by atoms with Crippen molar-refractivity contribution in [1.82, 2.24) is 0 Å². The smallest absolute Gasteiger partial charge is 0.306 e. The van der Waals surface area contributed by atoms with Gasteiger partial charge < -0.3 is 14.2 Å². The summed E-state index contributed by atoms with van der Waals surface area (Å²) >= 11 is 0. The van der Waals surface area contributed by atoms with Crippen LogP contribution in [0.5, 0.6) is 0 Å². The summed E-state index contributed by atoms with van der Waals surface area (Å²) in [6.45, 7) is 6.61. The second-order valence-electron chi connectivity index (χ2n) is 22.7. The number of hydrogen-bond donors (Lipinski definition) is 0. The lowest BCUT2D eigenvalue weighted by molar-refractivity contribution is -0.167. The van der Waals surface area contributed by atoms with Gasteiger partial charge in [-0.05, 0) is 109 Å². The van der Waals surface area contributed by atoms with Crippen LogP contribution in [0.2, 0.25) is 0 Å². The van der Waals surface area contributed by atoms with E-state index in [4.69, 9.17) is 14.2 Å². The molecule has 0 radical (unpaired) electrons. The Balaban J connectivity index is 4.33. The van der Waals surface area contributed by atoms with Crippen molar-refractivity contribution in [3.63, 3.8) is 0 Å². The van der Waals surface area contributed by atoms with Crippen LogP contribution in [0.4, 0.5) is 0 Å². The van der Waals surface area contributed by atoms with Crippen molar-refractivity contribution < 1.29 is 28.6 Å². The molecule has 0 aromatic rings. The van der Waals surface area contributed by atoms with E-state index in [1.165, 1.54) is 205 Å². The first-order valence-electron chi connectivity index (χ1n) is 33.9. The molecule has 0 saturated heterocycles. The highest BCUT2D eigenvalue weighted by Crippen LogP contribution is 2.17. The number of rotatable bonds is 62. The van der Waals surface area contributed by atoms with Crippen LogP contribution in [0.15, 0.2) is 72.9 Å². The number of esters is 3. The summed E-state index contributed by atoms with van der Waals surface area (Å²) < 4.78 is 16.9. The predicted molar refractivity (Wildman–Crippen MR) is 339 cm³/mol. The van der Waals surface area contributed by atoms with Crippen molar-refractivity contribution in [2.75, 3.05) is 13.2 Å². The molecule has 0 aliphatic rings. The zero-order valence-corrected chi connectivity index (χ0v) is 51.9. The Morgan fingerprint density at radius 1 is 0.256 bits per heavy atom. The van der Waals surface area contributed by atoms with Gasteiger partial charge in [-0.3, -0.25) is 14.4 Å². The molecular weight excluding hydrogens is 961 g/mol. The monoisotopic (exact) mass is 1090 g/mol. The molecule has 0 fully saturated rings. The molecule has 0 aromatic heterocycles. The first-order valence-corrected chi connectivity index (χ1v) is 33.9. The second kappa shape index (κ2) is 66.4. The summed E-state index contributed by atoms with van der Waals surface area (Å²) in [5, 5.41) is 0. The largest absolute Gasteiger partial charge is 0.462 e. The van der Waals surface area contributed by atoms with Crippen LogP contribution < -0.4 is 0 Å². The molecule has 0 aliphatic heterocycles. The van der Waals surface area contributed by atoms with Gasteiger partial charge in [0.15, 0.2) is 6.10 Å². The fraction of sp³-hybridized carbons (Fsp3) is 0.792.